The van der Waals surface area contributed by atoms with Gasteiger partial charge in [-0.2, -0.15) is 0 Å². The highest BCUT2D eigenvalue weighted by molar-refractivity contribution is 7.88. The average molecular weight is 354 g/mol. The summed E-state index contributed by atoms with van der Waals surface area (Å²) in [6.07, 6.45) is 2.14. The number of hydrogen-bond acceptors (Lipinski definition) is 5. The van der Waals surface area contributed by atoms with Crippen LogP contribution in [0.5, 0.6) is 0 Å². The molecule has 2 rings (SSSR count). The molecule has 0 aliphatic carbocycles. The summed E-state index contributed by atoms with van der Waals surface area (Å²) < 4.78 is 29.3. The molecule has 132 valence electrons. The van der Waals surface area contributed by atoms with Crippen LogP contribution in [0.1, 0.15) is 30.1 Å². The van der Waals surface area contributed by atoms with Gasteiger partial charge >= 0.3 is 5.97 Å². The van der Waals surface area contributed by atoms with E-state index in [2.05, 4.69) is 5.32 Å². The number of amides is 1. The second-order valence-corrected chi connectivity index (χ2v) is 7.71. The number of benzene rings is 1. The Kier molecular flexibility index (Phi) is 5.95. The highest BCUT2D eigenvalue weighted by Crippen LogP contribution is 2.21. The van der Waals surface area contributed by atoms with E-state index < -0.39 is 16.0 Å². The van der Waals surface area contributed by atoms with Crippen LogP contribution in [0.25, 0.3) is 0 Å². The van der Waals surface area contributed by atoms with Crippen LogP contribution in [0.2, 0.25) is 0 Å². The van der Waals surface area contributed by atoms with Crippen LogP contribution in [-0.2, 0) is 19.6 Å². The number of nitrogens with zero attached hydrogens (tertiary/aromatic N) is 1. The summed E-state index contributed by atoms with van der Waals surface area (Å²) in [4.78, 5) is 24.1. The largest absolute Gasteiger partial charge is 0.462 e. The van der Waals surface area contributed by atoms with Gasteiger partial charge in [0.05, 0.1) is 18.4 Å². The monoisotopic (exact) mass is 354 g/mol. The van der Waals surface area contributed by atoms with Gasteiger partial charge in [-0.05, 0) is 38.0 Å². The average Bonchev–Trinajstić information content (AvgIpc) is 2.54. The lowest BCUT2D eigenvalue weighted by Gasteiger charge is -2.29. The number of carbonyl (C=O) groups excluding carboxylic acids is 2. The smallest absolute Gasteiger partial charge is 0.338 e. The summed E-state index contributed by atoms with van der Waals surface area (Å²) in [5.41, 5.74) is 0.901. The second-order valence-electron chi connectivity index (χ2n) is 5.73. The Morgan fingerprint density at radius 2 is 1.96 bits per heavy atom. The van der Waals surface area contributed by atoms with Crippen molar-refractivity contribution in [3.05, 3.63) is 29.8 Å². The molecule has 1 aromatic carbocycles. The van der Waals surface area contributed by atoms with Crippen LogP contribution in [0.3, 0.4) is 0 Å². The van der Waals surface area contributed by atoms with Crippen LogP contribution in [0.15, 0.2) is 24.3 Å². The number of esters is 1. The van der Waals surface area contributed by atoms with Crippen LogP contribution >= 0.6 is 0 Å². The quantitative estimate of drug-likeness (QED) is 0.809. The van der Waals surface area contributed by atoms with E-state index in [1.54, 1.807) is 31.2 Å². The van der Waals surface area contributed by atoms with Crippen molar-refractivity contribution in [2.24, 2.45) is 5.92 Å². The molecule has 1 aliphatic heterocycles. The number of carbonyl (C=O) groups is 2. The maximum atomic E-state index is 12.3. The first-order valence-electron chi connectivity index (χ1n) is 7.84. The minimum absolute atomic E-state index is 0.163. The van der Waals surface area contributed by atoms with Gasteiger partial charge in [-0.25, -0.2) is 17.5 Å². The molecule has 0 spiro atoms. The zero-order valence-corrected chi connectivity index (χ0v) is 14.6. The fourth-order valence-corrected chi connectivity index (χ4v) is 3.51. The van der Waals surface area contributed by atoms with Gasteiger partial charge in [-0.3, -0.25) is 4.79 Å². The summed E-state index contributed by atoms with van der Waals surface area (Å²) in [6.45, 7) is 2.71. The molecular weight excluding hydrogens is 332 g/mol. The lowest BCUT2D eigenvalue weighted by Crippen LogP contribution is -2.40. The van der Waals surface area contributed by atoms with E-state index in [1.807, 2.05) is 0 Å². The van der Waals surface area contributed by atoms with Crippen molar-refractivity contribution >= 4 is 27.6 Å². The molecule has 24 heavy (non-hydrogen) atoms. The topological polar surface area (TPSA) is 92.8 Å². The Bertz CT molecular complexity index is 709. The molecule has 7 nitrogen and oxygen atoms in total. The summed E-state index contributed by atoms with van der Waals surface area (Å²) in [5, 5.41) is 2.79. The van der Waals surface area contributed by atoms with Crippen molar-refractivity contribution in [1.29, 1.82) is 0 Å². The van der Waals surface area contributed by atoms with Crippen LogP contribution in [0, 0.1) is 5.92 Å². The van der Waals surface area contributed by atoms with Gasteiger partial charge < -0.3 is 10.1 Å². The van der Waals surface area contributed by atoms with Gasteiger partial charge in [-0.1, -0.05) is 6.07 Å². The van der Waals surface area contributed by atoms with Gasteiger partial charge in [0.1, 0.15) is 0 Å². The normalized spacial score (nSPS) is 16.6. The van der Waals surface area contributed by atoms with Crippen molar-refractivity contribution < 1.29 is 22.7 Å². The number of hydrogen-bond donors (Lipinski definition) is 1. The Morgan fingerprint density at radius 1 is 1.29 bits per heavy atom. The first kappa shape index (κ1) is 18.4. The number of rotatable bonds is 5. The molecule has 1 fully saturated rings. The predicted molar refractivity (Wildman–Crippen MR) is 90.2 cm³/mol. The highest BCUT2D eigenvalue weighted by atomic mass is 32.2. The molecule has 0 bridgehead atoms. The van der Waals surface area contributed by atoms with Crippen molar-refractivity contribution in [2.75, 3.05) is 31.3 Å². The van der Waals surface area contributed by atoms with Gasteiger partial charge in [0.2, 0.25) is 15.9 Å². The fourth-order valence-electron chi connectivity index (χ4n) is 2.63. The van der Waals surface area contributed by atoms with Crippen LogP contribution in [0.4, 0.5) is 5.69 Å². The fraction of sp³-hybridized carbons (Fsp3) is 0.500. The van der Waals surface area contributed by atoms with Crippen molar-refractivity contribution in [1.82, 2.24) is 4.31 Å². The summed E-state index contributed by atoms with van der Waals surface area (Å²) in [7, 11) is -3.20. The number of nitrogens with one attached hydrogen (secondary N) is 1. The zero-order chi connectivity index (χ0) is 17.7. The molecule has 0 radical (unpaired) electrons. The molecule has 0 aromatic heterocycles. The highest BCUT2D eigenvalue weighted by Gasteiger charge is 2.29. The summed E-state index contributed by atoms with van der Waals surface area (Å²) >= 11 is 0. The van der Waals surface area contributed by atoms with Crippen molar-refractivity contribution in [2.45, 2.75) is 19.8 Å². The van der Waals surface area contributed by atoms with E-state index in [0.29, 0.717) is 37.2 Å². The molecule has 0 atom stereocenters. The molecular formula is C16H22N2O5S. The first-order valence-corrected chi connectivity index (χ1v) is 9.69. The maximum absolute atomic E-state index is 12.3. The van der Waals surface area contributed by atoms with Gasteiger partial charge in [0.15, 0.2) is 0 Å². The summed E-state index contributed by atoms with van der Waals surface area (Å²) in [5.74, 6) is -0.839. The number of anilines is 1. The molecule has 1 aromatic rings. The van der Waals surface area contributed by atoms with E-state index in [4.69, 9.17) is 4.74 Å². The third-order valence-corrected chi connectivity index (χ3v) is 5.24. The minimum Gasteiger partial charge on any atom is -0.462 e. The SMILES string of the molecule is CCOC(=O)c1cccc(NC(=O)C2CCN(S(C)(=O)=O)CC2)c1. The standard InChI is InChI=1S/C16H22N2O5S/c1-3-23-16(20)13-5-4-6-14(11-13)17-15(19)12-7-9-18(10-8-12)24(2,21)22/h4-6,11-12H,3,7-10H2,1-2H3,(H,17,19). The van der Waals surface area contributed by atoms with Crippen molar-refractivity contribution in [3.8, 4) is 0 Å². The Hall–Kier alpha value is -1.93. The van der Waals surface area contributed by atoms with Gasteiger partial charge in [0, 0.05) is 24.7 Å². The summed E-state index contributed by atoms with van der Waals surface area (Å²) in [6, 6.07) is 6.57. The maximum Gasteiger partial charge on any atom is 0.338 e. The van der Waals surface area contributed by atoms with E-state index in [1.165, 1.54) is 10.6 Å². The third kappa shape index (κ3) is 4.78. The molecule has 1 aliphatic rings. The Labute approximate surface area is 142 Å². The molecule has 0 unspecified atom stereocenters. The molecule has 1 heterocycles. The Morgan fingerprint density at radius 3 is 2.54 bits per heavy atom. The molecule has 1 amide bonds. The lowest BCUT2D eigenvalue weighted by molar-refractivity contribution is -0.120. The van der Waals surface area contributed by atoms with Gasteiger partial charge in [-0.15, -0.1) is 0 Å². The predicted octanol–water partition coefficient (Wildman–Crippen LogP) is 1.47. The molecule has 8 heteroatoms. The van der Waals surface area contributed by atoms with Crippen LogP contribution < -0.4 is 5.32 Å². The van der Waals surface area contributed by atoms with Crippen LogP contribution in [-0.4, -0.2) is 50.6 Å². The first-order chi connectivity index (χ1) is 11.3. The molecule has 0 saturated carbocycles. The van der Waals surface area contributed by atoms with E-state index >= 15 is 0 Å². The van der Waals surface area contributed by atoms with E-state index in [9.17, 15) is 18.0 Å². The van der Waals surface area contributed by atoms with E-state index in [0.717, 1.165) is 0 Å². The lowest BCUT2D eigenvalue weighted by atomic mass is 9.97. The zero-order valence-electron chi connectivity index (χ0n) is 13.8. The van der Waals surface area contributed by atoms with Crippen molar-refractivity contribution in [3.63, 3.8) is 0 Å². The Balaban J connectivity index is 1.96. The molecule has 1 saturated heterocycles. The second kappa shape index (κ2) is 7.76. The minimum atomic E-state index is -3.20. The number of ether oxygens (including phenoxy) is 1. The number of sulfonamides is 1. The van der Waals surface area contributed by atoms with Gasteiger partial charge in [0.25, 0.3) is 0 Å². The molecule has 1 N–H and O–H groups in total. The van der Waals surface area contributed by atoms with E-state index in [-0.39, 0.29) is 18.4 Å². The number of piperidine rings is 1. The third-order valence-electron chi connectivity index (χ3n) is 3.93.